The third-order valence-corrected chi connectivity index (χ3v) is 3.58. The highest BCUT2D eigenvalue weighted by molar-refractivity contribution is 6.35. The zero-order valence-corrected chi connectivity index (χ0v) is 14.8. The molecule has 0 aromatic heterocycles. The average Bonchev–Trinajstić information content (AvgIpc) is 2.55. The van der Waals surface area contributed by atoms with Crippen LogP contribution in [0.2, 0.25) is 10.0 Å². The van der Waals surface area contributed by atoms with Crippen molar-refractivity contribution in [2.45, 2.75) is 19.8 Å². The smallest absolute Gasteiger partial charge is 0.311 e. The molecule has 0 aliphatic heterocycles. The Hall–Kier alpha value is -1.91. The van der Waals surface area contributed by atoms with Gasteiger partial charge in [-0.05, 0) is 43.7 Å². The maximum atomic E-state index is 11.9. The molecule has 0 fully saturated rings. The van der Waals surface area contributed by atoms with E-state index in [1.807, 2.05) is 13.0 Å². The maximum absolute atomic E-state index is 11.9. The summed E-state index contributed by atoms with van der Waals surface area (Å²) < 4.78 is 16.3. The van der Waals surface area contributed by atoms with E-state index in [1.54, 1.807) is 36.4 Å². The number of hydrogen-bond acceptors (Lipinski definition) is 4. The normalized spacial score (nSPS) is 10.3. The van der Waals surface area contributed by atoms with E-state index in [0.29, 0.717) is 46.9 Å². The van der Waals surface area contributed by atoms with E-state index < -0.39 is 0 Å². The zero-order chi connectivity index (χ0) is 17.4. The molecule has 0 heterocycles. The number of halogens is 2. The van der Waals surface area contributed by atoms with Crippen LogP contribution in [0, 0.1) is 0 Å². The lowest BCUT2D eigenvalue weighted by Gasteiger charge is -2.10. The SMILES string of the molecule is CCOc1ccccc1OC(=O)CCCOc1ccc(Cl)cc1Cl. The summed E-state index contributed by atoms with van der Waals surface area (Å²) in [5.74, 6) is 1.17. The molecular weight excluding hydrogens is 351 g/mol. The van der Waals surface area contributed by atoms with E-state index in [4.69, 9.17) is 37.4 Å². The fourth-order valence-electron chi connectivity index (χ4n) is 1.97. The fourth-order valence-corrected chi connectivity index (χ4v) is 2.44. The van der Waals surface area contributed by atoms with E-state index >= 15 is 0 Å². The molecule has 24 heavy (non-hydrogen) atoms. The van der Waals surface area contributed by atoms with Crippen LogP contribution in [-0.4, -0.2) is 19.2 Å². The molecule has 0 radical (unpaired) electrons. The number of para-hydroxylation sites is 2. The number of ether oxygens (including phenoxy) is 3. The average molecular weight is 369 g/mol. The highest BCUT2D eigenvalue weighted by atomic mass is 35.5. The Kier molecular flexibility index (Phi) is 7.22. The van der Waals surface area contributed by atoms with Crippen molar-refractivity contribution >= 4 is 29.2 Å². The lowest BCUT2D eigenvalue weighted by molar-refractivity contribution is -0.134. The molecule has 0 aliphatic rings. The van der Waals surface area contributed by atoms with Crippen molar-refractivity contribution in [3.05, 3.63) is 52.5 Å². The molecule has 6 heteroatoms. The molecule has 0 aliphatic carbocycles. The molecule has 2 aromatic carbocycles. The van der Waals surface area contributed by atoms with Crippen LogP contribution in [0.25, 0.3) is 0 Å². The van der Waals surface area contributed by atoms with Crippen molar-refractivity contribution in [2.75, 3.05) is 13.2 Å². The Bertz CT molecular complexity index is 688. The van der Waals surface area contributed by atoms with Crippen molar-refractivity contribution in [1.82, 2.24) is 0 Å². The largest absolute Gasteiger partial charge is 0.492 e. The van der Waals surface area contributed by atoms with Crippen molar-refractivity contribution < 1.29 is 19.0 Å². The molecule has 4 nitrogen and oxygen atoms in total. The van der Waals surface area contributed by atoms with Crippen LogP contribution in [0.4, 0.5) is 0 Å². The van der Waals surface area contributed by atoms with Crippen LogP contribution in [0.15, 0.2) is 42.5 Å². The van der Waals surface area contributed by atoms with Crippen molar-refractivity contribution in [3.8, 4) is 17.2 Å². The summed E-state index contributed by atoms with van der Waals surface area (Å²) >= 11 is 11.8. The molecule has 128 valence electrons. The minimum absolute atomic E-state index is 0.228. The van der Waals surface area contributed by atoms with Gasteiger partial charge in [-0.25, -0.2) is 0 Å². The van der Waals surface area contributed by atoms with Crippen molar-refractivity contribution in [2.24, 2.45) is 0 Å². The number of rotatable bonds is 8. The summed E-state index contributed by atoms with van der Waals surface area (Å²) in [6.07, 6.45) is 0.736. The third-order valence-electron chi connectivity index (χ3n) is 3.05. The first kappa shape index (κ1) is 18.4. The molecule has 2 rings (SSSR count). The first-order chi connectivity index (χ1) is 11.6. The molecule has 0 bridgehead atoms. The Balaban J connectivity index is 1.77. The lowest BCUT2D eigenvalue weighted by atomic mass is 10.3. The predicted molar refractivity (Wildman–Crippen MR) is 94.4 cm³/mol. The van der Waals surface area contributed by atoms with Gasteiger partial charge in [0.05, 0.1) is 18.2 Å². The number of hydrogen-bond donors (Lipinski definition) is 0. The molecule has 0 unspecified atom stereocenters. The van der Waals surface area contributed by atoms with Gasteiger partial charge in [0, 0.05) is 11.4 Å². The second-order valence-corrected chi connectivity index (χ2v) is 5.72. The highest BCUT2D eigenvalue weighted by Gasteiger charge is 2.10. The monoisotopic (exact) mass is 368 g/mol. The Morgan fingerprint density at radius 3 is 2.46 bits per heavy atom. The standard InChI is InChI=1S/C18H18Cl2O4/c1-2-22-16-6-3-4-7-17(16)24-18(21)8-5-11-23-15-10-9-13(19)12-14(15)20/h3-4,6-7,9-10,12H,2,5,8,11H2,1H3. The Morgan fingerprint density at radius 1 is 1.00 bits per heavy atom. The van der Waals surface area contributed by atoms with E-state index in [0.717, 1.165) is 0 Å². The summed E-state index contributed by atoms with van der Waals surface area (Å²) in [6, 6.07) is 12.1. The van der Waals surface area contributed by atoms with Crippen LogP contribution >= 0.6 is 23.2 Å². The van der Waals surface area contributed by atoms with E-state index in [1.165, 1.54) is 0 Å². The lowest BCUT2D eigenvalue weighted by Crippen LogP contribution is -2.11. The molecule has 2 aromatic rings. The van der Waals surface area contributed by atoms with Gasteiger partial charge in [-0.3, -0.25) is 4.79 Å². The Labute approximate surface area is 151 Å². The first-order valence-electron chi connectivity index (χ1n) is 7.60. The molecule has 0 saturated heterocycles. The second-order valence-electron chi connectivity index (χ2n) is 4.88. The van der Waals surface area contributed by atoms with Gasteiger partial charge < -0.3 is 14.2 Å². The summed E-state index contributed by atoms with van der Waals surface area (Å²) in [7, 11) is 0. The van der Waals surface area contributed by atoms with Crippen molar-refractivity contribution in [1.29, 1.82) is 0 Å². The number of benzene rings is 2. The molecule has 0 saturated carbocycles. The van der Waals surface area contributed by atoms with E-state index in [-0.39, 0.29) is 12.4 Å². The first-order valence-corrected chi connectivity index (χ1v) is 8.36. The van der Waals surface area contributed by atoms with E-state index in [9.17, 15) is 4.79 Å². The number of esters is 1. The van der Waals surface area contributed by atoms with E-state index in [2.05, 4.69) is 0 Å². The highest BCUT2D eigenvalue weighted by Crippen LogP contribution is 2.28. The Morgan fingerprint density at radius 2 is 1.75 bits per heavy atom. The van der Waals surface area contributed by atoms with Gasteiger partial charge >= 0.3 is 5.97 Å². The van der Waals surface area contributed by atoms with Gasteiger partial charge in [0.25, 0.3) is 0 Å². The third kappa shape index (κ3) is 5.62. The van der Waals surface area contributed by atoms with Gasteiger partial charge in [0.1, 0.15) is 5.75 Å². The van der Waals surface area contributed by atoms with Gasteiger partial charge in [-0.2, -0.15) is 0 Å². The van der Waals surface area contributed by atoms with Gasteiger partial charge in [-0.1, -0.05) is 35.3 Å². The molecule has 0 atom stereocenters. The topological polar surface area (TPSA) is 44.8 Å². The summed E-state index contributed by atoms with van der Waals surface area (Å²) in [5.41, 5.74) is 0. The van der Waals surface area contributed by atoms with Crippen molar-refractivity contribution in [3.63, 3.8) is 0 Å². The maximum Gasteiger partial charge on any atom is 0.311 e. The fraction of sp³-hybridized carbons (Fsp3) is 0.278. The molecule has 0 N–H and O–H groups in total. The van der Waals surface area contributed by atoms with Crippen LogP contribution < -0.4 is 14.2 Å². The molecular formula is C18H18Cl2O4. The predicted octanol–water partition coefficient (Wildman–Crippen LogP) is 5.16. The summed E-state index contributed by atoms with van der Waals surface area (Å²) in [5, 5.41) is 0.986. The van der Waals surface area contributed by atoms with Gasteiger partial charge in [0.2, 0.25) is 0 Å². The minimum Gasteiger partial charge on any atom is -0.492 e. The second kappa shape index (κ2) is 9.40. The number of carbonyl (C=O) groups is 1. The van der Waals surface area contributed by atoms with Crippen LogP contribution in [0.3, 0.4) is 0 Å². The summed E-state index contributed by atoms with van der Waals surface area (Å²) in [6.45, 7) is 2.73. The minimum atomic E-state index is -0.340. The van der Waals surface area contributed by atoms with Crippen LogP contribution in [0.5, 0.6) is 17.2 Å². The molecule has 0 spiro atoms. The molecule has 0 amide bonds. The van der Waals surface area contributed by atoms with Crippen LogP contribution in [-0.2, 0) is 4.79 Å². The number of carbonyl (C=O) groups excluding carboxylic acids is 1. The zero-order valence-electron chi connectivity index (χ0n) is 13.3. The summed E-state index contributed by atoms with van der Waals surface area (Å²) in [4.78, 5) is 11.9. The van der Waals surface area contributed by atoms with Gasteiger partial charge in [0.15, 0.2) is 11.5 Å². The van der Waals surface area contributed by atoms with Crippen LogP contribution in [0.1, 0.15) is 19.8 Å². The van der Waals surface area contributed by atoms with Gasteiger partial charge in [-0.15, -0.1) is 0 Å². The quantitative estimate of drug-likeness (QED) is 0.366.